The van der Waals surface area contributed by atoms with Crippen LogP contribution in [-0.4, -0.2) is 30.1 Å². The van der Waals surface area contributed by atoms with E-state index in [0.29, 0.717) is 0 Å². The van der Waals surface area contributed by atoms with Gasteiger partial charge in [0.15, 0.2) is 0 Å². The lowest BCUT2D eigenvalue weighted by molar-refractivity contribution is 0.399. The monoisotopic (exact) mass is 354 g/mol. The Morgan fingerprint density at radius 2 is 1.83 bits per heavy atom. The molecule has 0 unspecified atom stereocenters. The summed E-state index contributed by atoms with van der Waals surface area (Å²) in [5, 5.41) is 0. The van der Waals surface area contributed by atoms with Gasteiger partial charge in [0.1, 0.15) is 0 Å². The normalized spacial score (nSPS) is 11.1. The average molecular weight is 354 g/mol. The molecule has 0 N–H and O–H groups in total. The van der Waals surface area contributed by atoms with E-state index in [0.717, 1.165) is 13.0 Å². The van der Waals surface area contributed by atoms with Crippen LogP contribution in [-0.2, 0) is 6.42 Å². The summed E-state index contributed by atoms with van der Waals surface area (Å²) in [5.41, 5.74) is 2.64. The number of hydrogen-bond acceptors (Lipinski definition) is 1. The van der Waals surface area contributed by atoms with Gasteiger partial charge in [0.05, 0.1) is 0 Å². The first kappa shape index (κ1) is 13.6. The van der Waals surface area contributed by atoms with Crippen LogP contribution in [0.25, 0.3) is 5.69 Å². The van der Waals surface area contributed by atoms with Crippen molar-refractivity contribution in [2.45, 2.75) is 12.8 Å². The number of aromatic nitrogens is 1. The fourth-order valence-electron chi connectivity index (χ4n) is 2.05. The largest absolute Gasteiger partial charge is 0.321 e. The molecule has 1 aromatic carbocycles. The van der Waals surface area contributed by atoms with Crippen molar-refractivity contribution in [3.63, 3.8) is 0 Å². The molecule has 1 aromatic heterocycles. The van der Waals surface area contributed by atoms with E-state index in [4.69, 9.17) is 0 Å². The number of rotatable bonds is 5. The van der Waals surface area contributed by atoms with Crippen LogP contribution in [0.5, 0.6) is 0 Å². The SMILES string of the molecule is CN(C)CCCc1cccn1-c1ccc(I)cc1. The third-order valence-electron chi connectivity index (χ3n) is 2.98. The zero-order valence-electron chi connectivity index (χ0n) is 10.9. The van der Waals surface area contributed by atoms with Gasteiger partial charge in [-0.1, -0.05) is 0 Å². The van der Waals surface area contributed by atoms with Gasteiger partial charge >= 0.3 is 0 Å². The molecular formula is C15H19IN2. The Kier molecular flexibility index (Phi) is 4.83. The third kappa shape index (κ3) is 3.59. The van der Waals surface area contributed by atoms with Crippen LogP contribution in [0, 0.1) is 3.57 Å². The summed E-state index contributed by atoms with van der Waals surface area (Å²) in [5.74, 6) is 0. The van der Waals surface area contributed by atoms with Gasteiger partial charge < -0.3 is 9.47 Å². The molecule has 2 rings (SSSR count). The number of benzene rings is 1. The van der Waals surface area contributed by atoms with E-state index in [-0.39, 0.29) is 0 Å². The highest BCUT2D eigenvalue weighted by Gasteiger charge is 2.03. The van der Waals surface area contributed by atoms with Crippen LogP contribution >= 0.6 is 22.6 Å². The van der Waals surface area contributed by atoms with Crippen LogP contribution in [0.2, 0.25) is 0 Å². The average Bonchev–Trinajstić information content (AvgIpc) is 2.78. The molecule has 1 heterocycles. The Hall–Kier alpha value is -0.810. The van der Waals surface area contributed by atoms with E-state index < -0.39 is 0 Å². The second-order valence-corrected chi connectivity index (χ2v) is 6.00. The first-order valence-electron chi connectivity index (χ1n) is 6.24. The van der Waals surface area contributed by atoms with E-state index >= 15 is 0 Å². The van der Waals surface area contributed by atoms with Crippen molar-refractivity contribution in [1.82, 2.24) is 9.47 Å². The maximum atomic E-state index is 2.34. The predicted molar refractivity (Wildman–Crippen MR) is 85.4 cm³/mol. The first-order valence-corrected chi connectivity index (χ1v) is 7.31. The van der Waals surface area contributed by atoms with Crippen molar-refractivity contribution in [1.29, 1.82) is 0 Å². The summed E-state index contributed by atoms with van der Waals surface area (Å²) in [4.78, 5) is 2.23. The molecule has 0 saturated carbocycles. The van der Waals surface area contributed by atoms with Gasteiger partial charge in [-0.25, -0.2) is 0 Å². The highest BCUT2D eigenvalue weighted by molar-refractivity contribution is 14.1. The summed E-state index contributed by atoms with van der Waals surface area (Å²) in [6, 6.07) is 13.0. The van der Waals surface area contributed by atoms with Crippen molar-refractivity contribution in [2.75, 3.05) is 20.6 Å². The fourth-order valence-corrected chi connectivity index (χ4v) is 2.41. The van der Waals surface area contributed by atoms with Gasteiger partial charge in [-0.3, -0.25) is 0 Å². The van der Waals surface area contributed by atoms with Crippen molar-refractivity contribution < 1.29 is 0 Å². The second kappa shape index (κ2) is 6.38. The first-order chi connectivity index (χ1) is 8.66. The zero-order chi connectivity index (χ0) is 13.0. The lowest BCUT2D eigenvalue weighted by Crippen LogP contribution is -2.14. The maximum Gasteiger partial charge on any atom is 0.0452 e. The van der Waals surface area contributed by atoms with E-state index in [1.807, 2.05) is 0 Å². The Labute approximate surface area is 123 Å². The summed E-state index contributed by atoms with van der Waals surface area (Å²) < 4.78 is 3.56. The van der Waals surface area contributed by atoms with E-state index in [2.05, 4.69) is 88.7 Å². The summed E-state index contributed by atoms with van der Waals surface area (Å²) in [6.45, 7) is 1.14. The van der Waals surface area contributed by atoms with E-state index in [1.165, 1.54) is 21.4 Å². The molecule has 18 heavy (non-hydrogen) atoms. The molecular weight excluding hydrogens is 335 g/mol. The molecule has 0 fully saturated rings. The minimum Gasteiger partial charge on any atom is -0.321 e. The van der Waals surface area contributed by atoms with Gasteiger partial charge in [0.2, 0.25) is 0 Å². The zero-order valence-corrected chi connectivity index (χ0v) is 13.1. The molecule has 0 aliphatic rings. The molecule has 0 radical (unpaired) electrons. The minimum absolute atomic E-state index is 1.12. The van der Waals surface area contributed by atoms with Gasteiger partial charge in [0.25, 0.3) is 0 Å². The molecule has 2 nitrogen and oxygen atoms in total. The van der Waals surface area contributed by atoms with Crippen LogP contribution < -0.4 is 0 Å². The summed E-state index contributed by atoms with van der Waals surface area (Å²) in [7, 11) is 4.25. The molecule has 0 bridgehead atoms. The van der Waals surface area contributed by atoms with Crippen molar-refractivity contribution >= 4 is 22.6 Å². The quantitative estimate of drug-likeness (QED) is 0.746. The van der Waals surface area contributed by atoms with Crippen LogP contribution in [0.15, 0.2) is 42.6 Å². The van der Waals surface area contributed by atoms with E-state index in [9.17, 15) is 0 Å². The molecule has 0 spiro atoms. The highest BCUT2D eigenvalue weighted by atomic mass is 127. The predicted octanol–water partition coefficient (Wildman–Crippen LogP) is 3.58. The number of nitrogens with zero attached hydrogens (tertiary/aromatic N) is 2. The van der Waals surface area contributed by atoms with Crippen LogP contribution in [0.4, 0.5) is 0 Å². The lowest BCUT2D eigenvalue weighted by Gasteiger charge is -2.12. The fraction of sp³-hybridized carbons (Fsp3) is 0.333. The summed E-state index contributed by atoms with van der Waals surface area (Å²) >= 11 is 2.34. The third-order valence-corrected chi connectivity index (χ3v) is 3.70. The highest BCUT2D eigenvalue weighted by Crippen LogP contribution is 2.16. The molecule has 0 atom stereocenters. The smallest absolute Gasteiger partial charge is 0.0452 e. The molecule has 0 saturated heterocycles. The van der Waals surface area contributed by atoms with Crippen molar-refractivity contribution in [3.8, 4) is 5.69 Å². The Bertz CT molecular complexity index is 485. The Balaban J connectivity index is 2.10. The number of hydrogen-bond donors (Lipinski definition) is 0. The van der Waals surface area contributed by atoms with Crippen molar-refractivity contribution in [2.24, 2.45) is 0 Å². The molecule has 0 aliphatic heterocycles. The van der Waals surface area contributed by atoms with Gasteiger partial charge in [-0.05, 0) is 92.5 Å². The maximum absolute atomic E-state index is 2.34. The van der Waals surface area contributed by atoms with Crippen LogP contribution in [0.3, 0.4) is 0 Å². The minimum atomic E-state index is 1.12. The Morgan fingerprint density at radius 1 is 1.11 bits per heavy atom. The molecule has 3 heteroatoms. The molecule has 96 valence electrons. The second-order valence-electron chi connectivity index (χ2n) is 4.75. The summed E-state index contributed by atoms with van der Waals surface area (Å²) in [6.07, 6.45) is 4.46. The van der Waals surface area contributed by atoms with E-state index in [1.54, 1.807) is 0 Å². The van der Waals surface area contributed by atoms with Crippen LogP contribution in [0.1, 0.15) is 12.1 Å². The number of halogens is 1. The Morgan fingerprint density at radius 3 is 2.50 bits per heavy atom. The van der Waals surface area contributed by atoms with Gasteiger partial charge in [-0.2, -0.15) is 0 Å². The molecule has 0 aliphatic carbocycles. The molecule has 2 aromatic rings. The van der Waals surface area contributed by atoms with Gasteiger partial charge in [-0.15, -0.1) is 0 Å². The topological polar surface area (TPSA) is 8.17 Å². The number of aryl methyl sites for hydroxylation is 1. The lowest BCUT2D eigenvalue weighted by atomic mass is 10.2. The van der Waals surface area contributed by atoms with Gasteiger partial charge in [0, 0.05) is 21.1 Å². The van der Waals surface area contributed by atoms with Crippen molar-refractivity contribution in [3.05, 3.63) is 51.9 Å². The standard InChI is InChI=1S/C15H19IN2/c1-17(2)11-3-5-14-6-4-12-18(14)15-9-7-13(16)8-10-15/h4,6-10,12H,3,5,11H2,1-2H3. The molecule has 0 amide bonds.